The largest absolute Gasteiger partial charge is 0.242 e. The zero-order valence-electron chi connectivity index (χ0n) is 7.59. The van der Waals surface area contributed by atoms with Gasteiger partial charge in [0.15, 0.2) is 0 Å². The molecule has 0 amide bonds. The van der Waals surface area contributed by atoms with Crippen LogP contribution in [0.5, 0.6) is 0 Å². The molecule has 0 saturated heterocycles. The van der Waals surface area contributed by atoms with E-state index in [0.29, 0.717) is 0 Å². The lowest BCUT2D eigenvalue weighted by molar-refractivity contribution is 1.25. The number of thiazole rings is 1. The minimum Gasteiger partial charge on any atom is -0.242 e. The predicted molar refractivity (Wildman–Crippen MR) is 52.9 cm³/mol. The van der Waals surface area contributed by atoms with Gasteiger partial charge in [-0.2, -0.15) is 0 Å². The molecule has 0 aliphatic rings. The summed E-state index contributed by atoms with van der Waals surface area (Å²) in [6, 6.07) is 0. The quantitative estimate of drug-likeness (QED) is 0.627. The fraction of sp³-hybridized carbons (Fsp3) is 0.444. The van der Waals surface area contributed by atoms with Crippen LogP contribution in [-0.4, -0.2) is 4.98 Å². The Morgan fingerprint density at radius 1 is 1.45 bits per heavy atom. The molecular weight excluding hydrogens is 154 g/mol. The zero-order chi connectivity index (χ0) is 8.69. The molecule has 0 N–H and O–H groups in total. The normalized spacial score (nSPS) is 9.45. The summed E-state index contributed by atoms with van der Waals surface area (Å²) in [6.45, 7) is 8.00. The van der Waals surface area contributed by atoms with E-state index in [-0.39, 0.29) is 0 Å². The molecule has 0 atom stereocenters. The summed E-state index contributed by atoms with van der Waals surface area (Å²) in [7, 11) is 0. The number of hydrogen-bond acceptors (Lipinski definition) is 2. The van der Waals surface area contributed by atoms with Crippen molar-refractivity contribution in [3.05, 3.63) is 22.2 Å². The smallest absolute Gasteiger partial charge is 0.115 e. The van der Waals surface area contributed by atoms with Gasteiger partial charge in [-0.3, -0.25) is 0 Å². The third-order valence-electron chi connectivity index (χ3n) is 0.946. The number of rotatable bonds is 1. The van der Waals surface area contributed by atoms with Crippen LogP contribution < -0.4 is 0 Å². The molecule has 0 spiro atoms. The molecule has 0 bridgehead atoms. The molecule has 1 rings (SSSR count). The van der Waals surface area contributed by atoms with Gasteiger partial charge in [0.2, 0.25) is 0 Å². The molecule has 1 nitrogen and oxygen atoms in total. The molecule has 0 unspecified atom stereocenters. The molecule has 0 aliphatic carbocycles. The van der Waals surface area contributed by atoms with Gasteiger partial charge in [-0.25, -0.2) is 4.98 Å². The van der Waals surface area contributed by atoms with Crippen molar-refractivity contribution in [3.63, 3.8) is 0 Å². The summed E-state index contributed by atoms with van der Waals surface area (Å²) < 4.78 is 0. The molecule has 62 valence electrons. The first kappa shape index (κ1) is 10.4. The van der Waals surface area contributed by atoms with Crippen molar-refractivity contribution in [2.24, 2.45) is 0 Å². The van der Waals surface area contributed by atoms with Gasteiger partial charge >= 0.3 is 0 Å². The van der Waals surface area contributed by atoms with E-state index in [0.717, 1.165) is 10.7 Å². The molecule has 0 fully saturated rings. The van der Waals surface area contributed by atoms with Crippen LogP contribution in [0.2, 0.25) is 0 Å². The Hall–Kier alpha value is -0.630. The van der Waals surface area contributed by atoms with E-state index in [9.17, 15) is 0 Å². The van der Waals surface area contributed by atoms with Crippen LogP contribution in [0, 0.1) is 6.92 Å². The summed E-state index contributed by atoms with van der Waals surface area (Å²) >= 11 is 1.68. The van der Waals surface area contributed by atoms with E-state index < -0.39 is 0 Å². The molecule has 2 heteroatoms. The lowest BCUT2D eigenvalue weighted by Crippen LogP contribution is -1.68. The van der Waals surface area contributed by atoms with Crippen molar-refractivity contribution < 1.29 is 0 Å². The van der Waals surface area contributed by atoms with Gasteiger partial charge in [0.25, 0.3) is 0 Å². The highest BCUT2D eigenvalue weighted by molar-refractivity contribution is 7.10. The highest BCUT2D eigenvalue weighted by atomic mass is 32.1. The van der Waals surface area contributed by atoms with Crippen LogP contribution in [-0.2, 0) is 0 Å². The number of hydrogen-bond donors (Lipinski definition) is 0. The van der Waals surface area contributed by atoms with Crippen LogP contribution in [0.15, 0.2) is 11.5 Å². The molecule has 0 saturated carbocycles. The van der Waals surface area contributed by atoms with E-state index in [2.05, 4.69) is 10.4 Å². The maximum Gasteiger partial charge on any atom is 0.115 e. The zero-order valence-corrected chi connectivity index (χ0v) is 8.40. The first-order valence-electron chi connectivity index (χ1n) is 3.88. The van der Waals surface area contributed by atoms with Crippen molar-refractivity contribution >= 4 is 17.4 Å². The molecule has 0 radical (unpaired) electrons. The summed E-state index contributed by atoms with van der Waals surface area (Å²) in [6.07, 6.45) is 4.01. The van der Waals surface area contributed by atoms with E-state index in [4.69, 9.17) is 0 Å². The molecule has 1 aromatic heterocycles. The molecule has 11 heavy (non-hydrogen) atoms. The van der Waals surface area contributed by atoms with E-state index >= 15 is 0 Å². The average molecular weight is 169 g/mol. The maximum atomic E-state index is 4.23. The third-order valence-corrected chi connectivity index (χ3v) is 1.87. The van der Waals surface area contributed by atoms with Crippen molar-refractivity contribution in [2.45, 2.75) is 27.7 Å². The predicted octanol–water partition coefficient (Wildman–Crippen LogP) is 3.51. The number of nitrogens with zero attached hydrogens (tertiary/aromatic N) is 1. The van der Waals surface area contributed by atoms with E-state index in [1.54, 1.807) is 11.3 Å². The fourth-order valence-corrected chi connectivity index (χ4v) is 1.35. The second-order valence-electron chi connectivity index (χ2n) is 1.83. The highest BCUT2D eigenvalue weighted by Crippen LogP contribution is 2.09. The summed E-state index contributed by atoms with van der Waals surface area (Å²) in [5, 5.41) is 3.14. The van der Waals surface area contributed by atoms with Gasteiger partial charge in [-0.1, -0.05) is 19.9 Å². The molecular formula is C9H15NS. The van der Waals surface area contributed by atoms with Crippen LogP contribution in [0.1, 0.15) is 31.5 Å². The Labute approximate surface area is 72.8 Å². The van der Waals surface area contributed by atoms with Crippen molar-refractivity contribution in [1.29, 1.82) is 0 Å². The third kappa shape index (κ3) is 3.94. The van der Waals surface area contributed by atoms with Gasteiger partial charge in [0, 0.05) is 11.1 Å². The topological polar surface area (TPSA) is 12.9 Å². The van der Waals surface area contributed by atoms with Gasteiger partial charge in [0.05, 0.1) is 0 Å². The minimum absolute atomic E-state index is 1.09. The van der Waals surface area contributed by atoms with Crippen molar-refractivity contribution in [3.8, 4) is 0 Å². The van der Waals surface area contributed by atoms with Crippen LogP contribution >= 0.6 is 11.3 Å². The average Bonchev–Trinajstić information content (AvgIpc) is 2.41. The number of allylic oxidation sites excluding steroid dienone is 1. The SMILES string of the molecule is C/C=C/c1nc(C)cs1.CC. The van der Waals surface area contributed by atoms with E-state index in [1.165, 1.54) is 0 Å². The summed E-state index contributed by atoms with van der Waals surface area (Å²) in [4.78, 5) is 4.23. The summed E-state index contributed by atoms with van der Waals surface area (Å²) in [5.41, 5.74) is 1.10. The number of aryl methyl sites for hydroxylation is 1. The number of aromatic nitrogens is 1. The molecule has 0 aromatic carbocycles. The Balaban J connectivity index is 0.000000461. The second kappa shape index (κ2) is 6.10. The van der Waals surface area contributed by atoms with Crippen LogP contribution in [0.4, 0.5) is 0 Å². The molecule has 1 aromatic rings. The van der Waals surface area contributed by atoms with Gasteiger partial charge in [-0.05, 0) is 19.9 Å². The maximum absolute atomic E-state index is 4.23. The van der Waals surface area contributed by atoms with Crippen LogP contribution in [0.25, 0.3) is 6.08 Å². The first-order valence-corrected chi connectivity index (χ1v) is 4.75. The van der Waals surface area contributed by atoms with Gasteiger partial charge in [0.1, 0.15) is 5.01 Å². The lowest BCUT2D eigenvalue weighted by atomic mass is 10.5. The standard InChI is InChI=1S/C7H9NS.C2H6/c1-3-4-7-8-6(2)5-9-7;1-2/h3-5H,1-2H3;1-2H3/b4-3+;. The Morgan fingerprint density at radius 3 is 2.45 bits per heavy atom. The van der Waals surface area contributed by atoms with Crippen molar-refractivity contribution in [1.82, 2.24) is 4.98 Å². The molecule has 0 aliphatic heterocycles. The van der Waals surface area contributed by atoms with Gasteiger partial charge < -0.3 is 0 Å². The van der Waals surface area contributed by atoms with E-state index in [1.807, 2.05) is 39.8 Å². The Morgan fingerprint density at radius 2 is 2.09 bits per heavy atom. The highest BCUT2D eigenvalue weighted by Gasteiger charge is 1.89. The van der Waals surface area contributed by atoms with Crippen molar-refractivity contribution in [2.75, 3.05) is 0 Å². The summed E-state index contributed by atoms with van der Waals surface area (Å²) in [5.74, 6) is 0. The lowest BCUT2D eigenvalue weighted by Gasteiger charge is -1.76. The minimum atomic E-state index is 1.09. The molecule has 1 heterocycles. The first-order chi connectivity index (χ1) is 5.33. The second-order valence-corrected chi connectivity index (χ2v) is 2.72. The Bertz CT molecular complexity index is 213. The fourth-order valence-electron chi connectivity index (χ4n) is 0.591. The van der Waals surface area contributed by atoms with Gasteiger partial charge in [-0.15, -0.1) is 11.3 Å². The monoisotopic (exact) mass is 169 g/mol. The van der Waals surface area contributed by atoms with Crippen LogP contribution in [0.3, 0.4) is 0 Å². The Kier molecular flexibility index (Phi) is 5.75.